The lowest BCUT2D eigenvalue weighted by atomic mass is 10.2. The first kappa shape index (κ1) is 13.5. The molecule has 3 N–H and O–H groups in total. The molecule has 0 radical (unpaired) electrons. The van der Waals surface area contributed by atoms with Crippen molar-refractivity contribution in [1.29, 1.82) is 0 Å². The molecule has 0 spiro atoms. The molecule has 0 amide bonds. The number of anilines is 1. The fraction of sp³-hybridized carbons (Fsp3) is 0.308. The highest BCUT2D eigenvalue weighted by molar-refractivity contribution is 7.80. The highest BCUT2D eigenvalue weighted by Gasteiger charge is 2.10. The second-order valence-electron chi connectivity index (χ2n) is 4.52. The van der Waals surface area contributed by atoms with Crippen LogP contribution >= 0.6 is 12.2 Å². The van der Waals surface area contributed by atoms with E-state index < -0.39 is 0 Å². The molecule has 0 aliphatic heterocycles. The van der Waals surface area contributed by atoms with Crippen LogP contribution in [0.4, 0.5) is 5.82 Å². The Hall–Kier alpha value is -1.95. The van der Waals surface area contributed by atoms with Crippen molar-refractivity contribution in [3.63, 3.8) is 0 Å². The normalized spacial score (nSPS) is 12.1. The Morgan fingerprint density at radius 3 is 2.95 bits per heavy atom. The standard InChI is InChI=1S/C13H17N5S/c1-9-3-4-11(12(14)19)13(16-9)17-10(2)7-18-6-5-15-8-18/h3-6,8,10H,7H2,1-2H3,(H2,14,19)(H,16,17). The lowest BCUT2D eigenvalue weighted by Gasteiger charge is -2.17. The lowest BCUT2D eigenvalue weighted by Crippen LogP contribution is -2.24. The van der Waals surface area contributed by atoms with Gasteiger partial charge in [-0.15, -0.1) is 0 Å². The van der Waals surface area contributed by atoms with E-state index in [-0.39, 0.29) is 6.04 Å². The van der Waals surface area contributed by atoms with Crippen LogP contribution in [0.25, 0.3) is 0 Å². The number of nitrogens with two attached hydrogens (primary N) is 1. The summed E-state index contributed by atoms with van der Waals surface area (Å²) in [5.74, 6) is 0.736. The fourth-order valence-corrected chi connectivity index (χ4v) is 2.02. The zero-order valence-electron chi connectivity index (χ0n) is 11.0. The first-order valence-corrected chi connectivity index (χ1v) is 6.47. The maximum atomic E-state index is 5.71. The largest absolute Gasteiger partial charge is 0.389 e. The van der Waals surface area contributed by atoms with Crippen molar-refractivity contribution in [3.8, 4) is 0 Å². The molecule has 1 unspecified atom stereocenters. The second-order valence-corrected chi connectivity index (χ2v) is 4.96. The number of pyridine rings is 1. The minimum Gasteiger partial charge on any atom is -0.389 e. The number of aryl methyl sites for hydroxylation is 1. The molecule has 5 nitrogen and oxygen atoms in total. The van der Waals surface area contributed by atoms with E-state index in [0.29, 0.717) is 4.99 Å². The van der Waals surface area contributed by atoms with Gasteiger partial charge in [-0.2, -0.15) is 0 Å². The number of nitrogens with one attached hydrogen (secondary N) is 1. The van der Waals surface area contributed by atoms with Gasteiger partial charge < -0.3 is 15.6 Å². The van der Waals surface area contributed by atoms with Crippen LogP contribution in [-0.4, -0.2) is 25.6 Å². The van der Waals surface area contributed by atoms with Gasteiger partial charge in [0.15, 0.2) is 0 Å². The van der Waals surface area contributed by atoms with Gasteiger partial charge in [0, 0.05) is 30.7 Å². The van der Waals surface area contributed by atoms with Crippen LogP contribution in [0.3, 0.4) is 0 Å². The minimum atomic E-state index is 0.191. The average molecular weight is 275 g/mol. The molecule has 2 rings (SSSR count). The van der Waals surface area contributed by atoms with Gasteiger partial charge in [0.1, 0.15) is 10.8 Å². The van der Waals surface area contributed by atoms with Crippen molar-refractivity contribution < 1.29 is 0 Å². The van der Waals surface area contributed by atoms with Crippen molar-refractivity contribution in [3.05, 3.63) is 42.1 Å². The van der Waals surface area contributed by atoms with E-state index in [1.807, 2.05) is 29.8 Å². The summed E-state index contributed by atoms with van der Waals surface area (Å²) in [6.45, 7) is 4.81. The van der Waals surface area contributed by atoms with Gasteiger partial charge in [0.05, 0.1) is 11.9 Å². The Labute approximate surface area is 117 Å². The Morgan fingerprint density at radius 2 is 2.32 bits per heavy atom. The van der Waals surface area contributed by atoms with E-state index in [9.17, 15) is 0 Å². The van der Waals surface area contributed by atoms with Crippen LogP contribution in [0.2, 0.25) is 0 Å². The maximum absolute atomic E-state index is 5.71. The fourth-order valence-electron chi connectivity index (χ4n) is 1.86. The number of thiocarbonyl (C=S) groups is 1. The molecule has 0 bridgehead atoms. The molecule has 6 heteroatoms. The topological polar surface area (TPSA) is 68.8 Å². The Kier molecular flexibility index (Phi) is 4.11. The molecular weight excluding hydrogens is 258 g/mol. The SMILES string of the molecule is Cc1ccc(C(N)=S)c(NC(C)Cn2ccnc2)n1. The predicted molar refractivity (Wildman–Crippen MR) is 80.2 cm³/mol. The minimum absolute atomic E-state index is 0.191. The highest BCUT2D eigenvalue weighted by atomic mass is 32.1. The molecule has 0 saturated heterocycles. The van der Waals surface area contributed by atoms with Gasteiger partial charge in [0.2, 0.25) is 0 Å². The molecular formula is C13H17N5S. The third-order valence-electron chi connectivity index (χ3n) is 2.73. The molecule has 0 saturated carbocycles. The third kappa shape index (κ3) is 3.51. The molecule has 19 heavy (non-hydrogen) atoms. The van der Waals surface area contributed by atoms with Gasteiger partial charge in [-0.3, -0.25) is 0 Å². The summed E-state index contributed by atoms with van der Waals surface area (Å²) in [5, 5.41) is 3.34. The van der Waals surface area contributed by atoms with Crippen molar-refractivity contribution in [2.75, 3.05) is 5.32 Å². The number of hydrogen-bond acceptors (Lipinski definition) is 4. The van der Waals surface area contributed by atoms with Crippen LogP contribution in [-0.2, 0) is 6.54 Å². The summed E-state index contributed by atoms with van der Waals surface area (Å²) in [5.41, 5.74) is 7.42. The smallest absolute Gasteiger partial charge is 0.136 e. The number of imidazole rings is 1. The predicted octanol–water partition coefficient (Wildman–Crippen LogP) is 1.72. The van der Waals surface area contributed by atoms with Crippen molar-refractivity contribution in [1.82, 2.24) is 14.5 Å². The molecule has 2 aromatic rings. The van der Waals surface area contributed by atoms with Crippen LogP contribution in [0.5, 0.6) is 0 Å². The van der Waals surface area contributed by atoms with Crippen molar-refractivity contribution in [2.45, 2.75) is 26.4 Å². The zero-order valence-corrected chi connectivity index (χ0v) is 11.8. The number of aromatic nitrogens is 3. The molecule has 0 aromatic carbocycles. The van der Waals surface area contributed by atoms with Gasteiger partial charge in [-0.25, -0.2) is 9.97 Å². The van der Waals surface area contributed by atoms with Crippen LogP contribution in [0.15, 0.2) is 30.9 Å². The summed E-state index contributed by atoms with van der Waals surface area (Å²) in [6.07, 6.45) is 5.48. The van der Waals surface area contributed by atoms with E-state index in [4.69, 9.17) is 18.0 Å². The third-order valence-corrected chi connectivity index (χ3v) is 2.95. The summed E-state index contributed by atoms with van der Waals surface area (Å²) >= 11 is 5.04. The second kappa shape index (κ2) is 5.79. The Morgan fingerprint density at radius 1 is 1.53 bits per heavy atom. The zero-order chi connectivity index (χ0) is 13.8. The average Bonchev–Trinajstić information content (AvgIpc) is 2.81. The number of rotatable bonds is 5. The van der Waals surface area contributed by atoms with Gasteiger partial charge >= 0.3 is 0 Å². The summed E-state index contributed by atoms with van der Waals surface area (Å²) in [6, 6.07) is 3.99. The molecule has 2 aromatic heterocycles. The van der Waals surface area contributed by atoms with Crippen molar-refractivity contribution in [2.24, 2.45) is 5.73 Å². The highest BCUT2D eigenvalue weighted by Crippen LogP contribution is 2.15. The first-order valence-electron chi connectivity index (χ1n) is 6.06. The van der Waals surface area contributed by atoms with E-state index in [1.165, 1.54) is 0 Å². The summed E-state index contributed by atoms with van der Waals surface area (Å²) in [4.78, 5) is 8.83. The molecule has 0 aliphatic rings. The summed E-state index contributed by atoms with van der Waals surface area (Å²) < 4.78 is 2.01. The quantitative estimate of drug-likeness (QED) is 0.813. The molecule has 2 heterocycles. The monoisotopic (exact) mass is 275 g/mol. The number of nitrogens with zero attached hydrogens (tertiary/aromatic N) is 3. The Balaban J connectivity index is 2.13. The first-order chi connectivity index (χ1) is 9.06. The number of hydrogen-bond donors (Lipinski definition) is 2. The van der Waals surface area contributed by atoms with Gasteiger partial charge in [-0.05, 0) is 26.0 Å². The van der Waals surface area contributed by atoms with E-state index in [0.717, 1.165) is 23.6 Å². The lowest BCUT2D eigenvalue weighted by molar-refractivity contribution is 0.617. The van der Waals surface area contributed by atoms with Crippen LogP contribution in [0.1, 0.15) is 18.2 Å². The maximum Gasteiger partial charge on any atom is 0.136 e. The molecule has 0 fully saturated rings. The van der Waals surface area contributed by atoms with Crippen molar-refractivity contribution >= 4 is 23.0 Å². The van der Waals surface area contributed by atoms with Gasteiger partial charge in [-0.1, -0.05) is 12.2 Å². The Bertz CT molecular complexity index is 564. The molecule has 1 atom stereocenters. The van der Waals surface area contributed by atoms with E-state index in [1.54, 1.807) is 12.5 Å². The van der Waals surface area contributed by atoms with E-state index >= 15 is 0 Å². The summed E-state index contributed by atoms with van der Waals surface area (Å²) in [7, 11) is 0. The van der Waals surface area contributed by atoms with Crippen LogP contribution < -0.4 is 11.1 Å². The van der Waals surface area contributed by atoms with Gasteiger partial charge in [0.25, 0.3) is 0 Å². The molecule has 0 aliphatic carbocycles. The molecule has 100 valence electrons. The van der Waals surface area contributed by atoms with E-state index in [2.05, 4.69) is 22.2 Å². The van der Waals surface area contributed by atoms with Crippen LogP contribution in [0, 0.1) is 6.92 Å².